The number of benzene rings is 3. The van der Waals surface area contributed by atoms with Crippen LogP contribution in [-0.2, 0) is 16.0 Å². The fraction of sp³-hybridized carbons (Fsp3) is 0.250. The third kappa shape index (κ3) is 6.05. The van der Waals surface area contributed by atoms with Crippen LogP contribution in [0.4, 0.5) is 11.4 Å². The summed E-state index contributed by atoms with van der Waals surface area (Å²) < 4.78 is 5.60. The van der Waals surface area contributed by atoms with E-state index in [1.165, 1.54) is 4.90 Å². The van der Waals surface area contributed by atoms with Crippen LogP contribution in [0.3, 0.4) is 0 Å². The molecule has 3 aromatic carbocycles. The summed E-state index contributed by atoms with van der Waals surface area (Å²) >= 11 is 5.73. The van der Waals surface area contributed by atoms with Gasteiger partial charge in [0.2, 0.25) is 5.91 Å². The molecule has 0 bridgehead atoms. The van der Waals surface area contributed by atoms with E-state index in [0.29, 0.717) is 36.1 Å². The van der Waals surface area contributed by atoms with Gasteiger partial charge in [-0.15, -0.1) is 0 Å². The first-order valence-corrected chi connectivity index (χ1v) is 12.2. The molecule has 2 amide bonds. The maximum absolute atomic E-state index is 13.5. The summed E-state index contributed by atoms with van der Waals surface area (Å²) in [6.07, 6.45) is 1.65. The van der Waals surface area contributed by atoms with Crippen LogP contribution in [0.5, 0.6) is 5.75 Å². The van der Waals surface area contributed by atoms with Crippen LogP contribution >= 0.6 is 12.2 Å². The standard InChI is InChI=1S/C28H29N3O3S/c1-2-19-34-24-15-13-22(14-16-24)29-26(32)20-25-27(33)31(23-11-7-4-8-12-23)28(35)30(25)18-17-21-9-5-3-6-10-21/h3-16,25H,2,17-20H2,1H3,(H,29,32). The Labute approximate surface area is 211 Å². The Balaban J connectivity index is 1.48. The van der Waals surface area contributed by atoms with Gasteiger partial charge in [0.25, 0.3) is 5.91 Å². The molecule has 35 heavy (non-hydrogen) atoms. The van der Waals surface area contributed by atoms with E-state index in [1.807, 2.05) is 84.6 Å². The van der Waals surface area contributed by atoms with Crippen molar-refractivity contribution >= 4 is 40.5 Å². The highest BCUT2D eigenvalue weighted by atomic mass is 32.1. The van der Waals surface area contributed by atoms with E-state index in [2.05, 4.69) is 5.32 Å². The average Bonchev–Trinajstić information content (AvgIpc) is 3.11. The monoisotopic (exact) mass is 487 g/mol. The summed E-state index contributed by atoms with van der Waals surface area (Å²) in [7, 11) is 0. The van der Waals surface area contributed by atoms with Gasteiger partial charge in [0, 0.05) is 12.2 Å². The quantitative estimate of drug-likeness (QED) is 0.406. The Morgan fingerprint density at radius 2 is 1.63 bits per heavy atom. The van der Waals surface area contributed by atoms with Crippen LogP contribution in [0.1, 0.15) is 25.3 Å². The normalized spacial score (nSPS) is 15.4. The fourth-order valence-electron chi connectivity index (χ4n) is 4.04. The molecule has 180 valence electrons. The molecule has 1 saturated heterocycles. The molecule has 3 aromatic rings. The predicted molar refractivity (Wildman–Crippen MR) is 143 cm³/mol. The highest BCUT2D eigenvalue weighted by molar-refractivity contribution is 7.80. The second-order valence-corrected chi connectivity index (χ2v) is 8.73. The van der Waals surface area contributed by atoms with Crippen molar-refractivity contribution in [1.82, 2.24) is 4.90 Å². The number of hydrogen-bond acceptors (Lipinski definition) is 4. The molecule has 0 aliphatic carbocycles. The lowest BCUT2D eigenvalue weighted by Gasteiger charge is -2.24. The van der Waals surface area contributed by atoms with Crippen molar-refractivity contribution in [2.24, 2.45) is 0 Å². The minimum Gasteiger partial charge on any atom is -0.494 e. The van der Waals surface area contributed by atoms with Gasteiger partial charge in [-0.25, -0.2) is 0 Å². The van der Waals surface area contributed by atoms with Crippen LogP contribution in [0.2, 0.25) is 0 Å². The Morgan fingerprint density at radius 1 is 0.971 bits per heavy atom. The molecule has 1 unspecified atom stereocenters. The Kier molecular flexibility index (Phi) is 8.11. The van der Waals surface area contributed by atoms with Crippen molar-refractivity contribution in [3.8, 4) is 5.75 Å². The summed E-state index contributed by atoms with van der Waals surface area (Å²) in [5.74, 6) is 0.326. The maximum atomic E-state index is 13.5. The zero-order chi connectivity index (χ0) is 24.6. The highest BCUT2D eigenvalue weighted by Crippen LogP contribution is 2.28. The first kappa shape index (κ1) is 24.4. The topological polar surface area (TPSA) is 61.9 Å². The highest BCUT2D eigenvalue weighted by Gasteiger charge is 2.43. The lowest BCUT2D eigenvalue weighted by molar-refractivity contribution is -0.124. The molecule has 4 rings (SSSR count). The molecule has 1 aliphatic heterocycles. The first-order chi connectivity index (χ1) is 17.1. The molecule has 1 atom stereocenters. The summed E-state index contributed by atoms with van der Waals surface area (Å²) in [4.78, 5) is 29.8. The van der Waals surface area contributed by atoms with Crippen molar-refractivity contribution in [3.63, 3.8) is 0 Å². The van der Waals surface area contributed by atoms with Gasteiger partial charge in [-0.1, -0.05) is 55.5 Å². The van der Waals surface area contributed by atoms with Crippen molar-refractivity contribution in [1.29, 1.82) is 0 Å². The SMILES string of the molecule is CCCOc1ccc(NC(=O)CC2C(=O)N(c3ccccc3)C(=S)N2CCc2ccccc2)cc1. The number of hydrogen-bond donors (Lipinski definition) is 1. The van der Waals surface area contributed by atoms with Gasteiger partial charge < -0.3 is 15.0 Å². The molecule has 0 radical (unpaired) electrons. The van der Waals surface area contributed by atoms with E-state index >= 15 is 0 Å². The van der Waals surface area contributed by atoms with E-state index < -0.39 is 6.04 Å². The van der Waals surface area contributed by atoms with Gasteiger partial charge in [-0.3, -0.25) is 14.5 Å². The zero-order valence-electron chi connectivity index (χ0n) is 19.7. The van der Waals surface area contributed by atoms with E-state index in [1.54, 1.807) is 12.1 Å². The second kappa shape index (κ2) is 11.6. The van der Waals surface area contributed by atoms with Gasteiger partial charge in [-0.05, 0) is 67.0 Å². The van der Waals surface area contributed by atoms with Gasteiger partial charge >= 0.3 is 0 Å². The summed E-state index contributed by atoms with van der Waals surface area (Å²) in [5.41, 5.74) is 2.51. The number of nitrogens with one attached hydrogen (secondary N) is 1. The molecule has 1 fully saturated rings. The third-order valence-electron chi connectivity index (χ3n) is 5.81. The maximum Gasteiger partial charge on any atom is 0.256 e. The van der Waals surface area contributed by atoms with Gasteiger partial charge in [-0.2, -0.15) is 0 Å². The fourth-order valence-corrected chi connectivity index (χ4v) is 4.45. The molecule has 1 aliphatic rings. The van der Waals surface area contributed by atoms with Crippen LogP contribution in [-0.4, -0.2) is 41.0 Å². The number of thiocarbonyl (C=S) groups is 1. The van der Waals surface area contributed by atoms with Crippen molar-refractivity contribution in [3.05, 3.63) is 90.5 Å². The number of carbonyl (C=O) groups excluding carboxylic acids is 2. The van der Waals surface area contributed by atoms with Crippen molar-refractivity contribution in [2.75, 3.05) is 23.4 Å². The molecule has 1 N–H and O–H groups in total. The number of para-hydroxylation sites is 1. The number of rotatable bonds is 10. The van der Waals surface area contributed by atoms with Gasteiger partial charge in [0.05, 0.1) is 18.7 Å². The van der Waals surface area contributed by atoms with E-state index in [-0.39, 0.29) is 18.2 Å². The summed E-state index contributed by atoms with van der Waals surface area (Å²) in [5, 5.41) is 3.32. The summed E-state index contributed by atoms with van der Waals surface area (Å²) in [6, 6.07) is 26.0. The number of nitrogens with zero attached hydrogens (tertiary/aromatic N) is 2. The molecule has 1 heterocycles. The molecule has 0 aromatic heterocycles. The zero-order valence-corrected chi connectivity index (χ0v) is 20.5. The lowest BCUT2D eigenvalue weighted by atomic mass is 10.1. The molecule has 6 nitrogen and oxygen atoms in total. The largest absolute Gasteiger partial charge is 0.494 e. The van der Waals surface area contributed by atoms with Crippen LogP contribution < -0.4 is 15.0 Å². The van der Waals surface area contributed by atoms with E-state index in [9.17, 15) is 9.59 Å². The number of ether oxygens (including phenoxy) is 1. The van der Waals surface area contributed by atoms with Crippen molar-refractivity contribution < 1.29 is 14.3 Å². The Hall–Kier alpha value is -3.71. The smallest absolute Gasteiger partial charge is 0.256 e. The lowest BCUT2D eigenvalue weighted by Crippen LogP contribution is -2.39. The second-order valence-electron chi connectivity index (χ2n) is 8.36. The van der Waals surface area contributed by atoms with Crippen molar-refractivity contribution in [2.45, 2.75) is 32.2 Å². The Morgan fingerprint density at radius 3 is 2.29 bits per heavy atom. The molecular formula is C28H29N3O3S. The van der Waals surface area contributed by atoms with Gasteiger partial charge in [0.15, 0.2) is 5.11 Å². The van der Waals surface area contributed by atoms with Crippen LogP contribution in [0.15, 0.2) is 84.9 Å². The Bertz CT molecular complexity index is 1150. The minimum absolute atomic E-state index is 0.00514. The van der Waals surface area contributed by atoms with Gasteiger partial charge in [0.1, 0.15) is 11.8 Å². The molecule has 0 saturated carbocycles. The number of carbonyl (C=O) groups is 2. The summed E-state index contributed by atoms with van der Waals surface area (Å²) in [6.45, 7) is 3.23. The molecule has 7 heteroatoms. The van der Waals surface area contributed by atoms with E-state index in [4.69, 9.17) is 17.0 Å². The predicted octanol–water partition coefficient (Wildman–Crippen LogP) is 5.05. The number of amides is 2. The minimum atomic E-state index is -0.668. The van der Waals surface area contributed by atoms with Crippen LogP contribution in [0.25, 0.3) is 0 Å². The van der Waals surface area contributed by atoms with E-state index in [0.717, 1.165) is 17.7 Å². The molecular weight excluding hydrogens is 458 g/mol. The first-order valence-electron chi connectivity index (χ1n) is 11.8. The molecule has 0 spiro atoms. The number of anilines is 2. The van der Waals surface area contributed by atoms with Crippen LogP contribution in [0, 0.1) is 0 Å². The average molecular weight is 488 g/mol. The third-order valence-corrected chi connectivity index (χ3v) is 6.22.